The third kappa shape index (κ3) is 2.95. The summed E-state index contributed by atoms with van der Waals surface area (Å²) >= 11 is 8.63. The van der Waals surface area contributed by atoms with Gasteiger partial charge in [-0.3, -0.25) is 0 Å². The fraction of sp³-hybridized carbons (Fsp3) is 1.00. The molecule has 2 heteroatoms. The Balaban J connectivity index is 2.28. The molecule has 1 aliphatic rings. The van der Waals surface area contributed by atoms with Gasteiger partial charge >= 0.3 is 0 Å². The van der Waals surface area contributed by atoms with Crippen LogP contribution >= 0.6 is 34.2 Å². The lowest BCUT2D eigenvalue weighted by Gasteiger charge is -2.18. The van der Waals surface area contributed by atoms with E-state index in [-0.39, 0.29) is 0 Å². The molecule has 1 fully saturated rings. The minimum Gasteiger partial charge on any atom is -0.122 e. The Morgan fingerprint density at radius 2 is 1.60 bits per heavy atom. The molecule has 2 unspecified atom stereocenters. The molecule has 1 rings (SSSR count). The zero-order valence-corrected chi connectivity index (χ0v) is 9.07. The van der Waals surface area contributed by atoms with Crippen LogP contribution in [0.3, 0.4) is 0 Å². The van der Waals surface area contributed by atoms with Gasteiger partial charge in [-0.2, -0.15) is 0 Å². The summed E-state index contributed by atoms with van der Waals surface area (Å²) in [6.45, 7) is 0. The van der Waals surface area contributed by atoms with Crippen LogP contribution in [0, 0.1) is 0 Å². The van der Waals surface area contributed by atoms with E-state index in [9.17, 15) is 0 Å². The maximum absolute atomic E-state index is 6.14. The van der Waals surface area contributed by atoms with Gasteiger partial charge in [0.05, 0.1) is 0 Å². The molecular formula is C8H14ClI. The van der Waals surface area contributed by atoms with Gasteiger partial charge in [-0.05, 0) is 12.8 Å². The van der Waals surface area contributed by atoms with Crippen LogP contribution in [0.4, 0.5) is 0 Å². The monoisotopic (exact) mass is 272 g/mol. The van der Waals surface area contributed by atoms with Crippen molar-refractivity contribution in [1.29, 1.82) is 0 Å². The summed E-state index contributed by atoms with van der Waals surface area (Å²) in [5, 5.41) is 0.445. The number of hydrogen-bond acceptors (Lipinski definition) is 0. The molecule has 0 saturated heterocycles. The molecule has 0 aromatic rings. The first-order valence-electron chi connectivity index (χ1n) is 4.09. The minimum absolute atomic E-state index is 0.445. The van der Waals surface area contributed by atoms with Gasteiger partial charge in [0.25, 0.3) is 0 Å². The molecule has 0 aromatic carbocycles. The van der Waals surface area contributed by atoms with Gasteiger partial charge < -0.3 is 0 Å². The third-order valence-corrected chi connectivity index (χ3v) is 4.54. The summed E-state index contributed by atoms with van der Waals surface area (Å²) in [5.74, 6) is 0. The highest BCUT2D eigenvalue weighted by Gasteiger charge is 2.16. The Morgan fingerprint density at radius 3 is 2.30 bits per heavy atom. The molecule has 10 heavy (non-hydrogen) atoms. The predicted octanol–water partition coefficient (Wildman–Crippen LogP) is 3.75. The number of hydrogen-bond donors (Lipinski definition) is 0. The van der Waals surface area contributed by atoms with Crippen LogP contribution in [0.25, 0.3) is 0 Å². The molecule has 0 aromatic heterocycles. The fourth-order valence-corrected chi connectivity index (χ4v) is 2.47. The van der Waals surface area contributed by atoms with Gasteiger partial charge in [0.15, 0.2) is 0 Å². The van der Waals surface area contributed by atoms with Gasteiger partial charge in [0.1, 0.15) is 0 Å². The Labute approximate surface area is 81.9 Å². The molecule has 0 heterocycles. The molecule has 60 valence electrons. The smallest absolute Gasteiger partial charge is 0.0453 e. The summed E-state index contributed by atoms with van der Waals surface area (Å²) in [7, 11) is 0. The summed E-state index contributed by atoms with van der Waals surface area (Å²) in [6.07, 6.45) is 8.10. The van der Waals surface area contributed by atoms with Crippen molar-refractivity contribution in [3.8, 4) is 0 Å². The molecular weight excluding hydrogens is 258 g/mol. The second kappa shape index (κ2) is 4.81. The lowest BCUT2D eigenvalue weighted by atomic mass is 10.0. The van der Waals surface area contributed by atoms with E-state index in [1.807, 2.05) is 0 Å². The summed E-state index contributed by atoms with van der Waals surface area (Å²) in [5.41, 5.74) is 0. The molecule has 1 saturated carbocycles. The van der Waals surface area contributed by atoms with E-state index in [0.29, 0.717) is 5.38 Å². The zero-order chi connectivity index (χ0) is 7.40. The average Bonchev–Trinajstić information content (AvgIpc) is 1.92. The van der Waals surface area contributed by atoms with Crippen molar-refractivity contribution in [3.05, 3.63) is 0 Å². The second-order valence-electron chi connectivity index (χ2n) is 3.02. The third-order valence-electron chi connectivity index (χ3n) is 2.10. The molecule has 0 spiro atoms. The van der Waals surface area contributed by atoms with E-state index in [1.54, 1.807) is 0 Å². The topological polar surface area (TPSA) is 0 Å². The standard InChI is InChI=1S/C8H14ClI/c9-7-5-3-1-2-4-6-8(7)10/h7-8H,1-6H2. The fourth-order valence-electron chi connectivity index (χ4n) is 1.39. The lowest BCUT2D eigenvalue weighted by Crippen LogP contribution is -2.15. The van der Waals surface area contributed by atoms with Gasteiger partial charge in [-0.1, -0.05) is 48.3 Å². The van der Waals surface area contributed by atoms with E-state index in [2.05, 4.69) is 22.6 Å². The normalized spacial score (nSPS) is 36.6. The summed E-state index contributed by atoms with van der Waals surface area (Å²) in [6, 6.07) is 0. The number of rotatable bonds is 0. The van der Waals surface area contributed by atoms with Gasteiger partial charge in [0.2, 0.25) is 0 Å². The first kappa shape index (κ1) is 9.11. The first-order valence-corrected chi connectivity index (χ1v) is 5.77. The van der Waals surface area contributed by atoms with E-state index in [1.165, 1.54) is 38.5 Å². The van der Waals surface area contributed by atoms with Crippen molar-refractivity contribution in [2.75, 3.05) is 0 Å². The van der Waals surface area contributed by atoms with Crippen LogP contribution in [-0.4, -0.2) is 9.30 Å². The highest BCUT2D eigenvalue weighted by atomic mass is 127. The molecule has 0 radical (unpaired) electrons. The maximum atomic E-state index is 6.14. The highest BCUT2D eigenvalue weighted by molar-refractivity contribution is 14.1. The van der Waals surface area contributed by atoms with Crippen molar-refractivity contribution >= 4 is 34.2 Å². The van der Waals surface area contributed by atoms with Crippen molar-refractivity contribution in [2.24, 2.45) is 0 Å². The van der Waals surface area contributed by atoms with Crippen LogP contribution in [0.5, 0.6) is 0 Å². The Hall–Kier alpha value is 1.02. The molecule has 0 amide bonds. The SMILES string of the molecule is ClC1CCCCCCC1I. The highest BCUT2D eigenvalue weighted by Crippen LogP contribution is 2.26. The molecule has 2 atom stereocenters. The lowest BCUT2D eigenvalue weighted by molar-refractivity contribution is 0.526. The van der Waals surface area contributed by atoms with Gasteiger partial charge in [-0.15, -0.1) is 11.6 Å². The zero-order valence-electron chi connectivity index (χ0n) is 6.15. The summed E-state index contributed by atoms with van der Waals surface area (Å²) in [4.78, 5) is 0. The van der Waals surface area contributed by atoms with Gasteiger partial charge in [0, 0.05) is 9.30 Å². The largest absolute Gasteiger partial charge is 0.122 e. The molecule has 1 aliphatic carbocycles. The van der Waals surface area contributed by atoms with Crippen LogP contribution in [0.2, 0.25) is 0 Å². The Bertz CT molecular complexity index is 83.3. The maximum Gasteiger partial charge on any atom is 0.0453 e. The van der Waals surface area contributed by atoms with Crippen LogP contribution in [0.1, 0.15) is 38.5 Å². The first-order chi connectivity index (χ1) is 4.80. The molecule has 0 nitrogen and oxygen atoms in total. The van der Waals surface area contributed by atoms with Crippen molar-refractivity contribution in [1.82, 2.24) is 0 Å². The predicted molar refractivity (Wildman–Crippen MR) is 55.2 cm³/mol. The van der Waals surface area contributed by atoms with Crippen molar-refractivity contribution in [2.45, 2.75) is 47.8 Å². The van der Waals surface area contributed by atoms with E-state index in [0.717, 1.165) is 3.92 Å². The van der Waals surface area contributed by atoms with Crippen LogP contribution in [0.15, 0.2) is 0 Å². The van der Waals surface area contributed by atoms with Crippen molar-refractivity contribution < 1.29 is 0 Å². The minimum atomic E-state index is 0.445. The van der Waals surface area contributed by atoms with Crippen molar-refractivity contribution in [3.63, 3.8) is 0 Å². The Kier molecular flexibility index (Phi) is 4.38. The van der Waals surface area contributed by atoms with Gasteiger partial charge in [-0.25, -0.2) is 0 Å². The van der Waals surface area contributed by atoms with Crippen LogP contribution in [-0.2, 0) is 0 Å². The van der Waals surface area contributed by atoms with E-state index >= 15 is 0 Å². The molecule has 0 N–H and O–H groups in total. The van der Waals surface area contributed by atoms with E-state index < -0.39 is 0 Å². The van der Waals surface area contributed by atoms with E-state index in [4.69, 9.17) is 11.6 Å². The number of halogens is 2. The quantitative estimate of drug-likeness (QED) is 0.465. The second-order valence-corrected chi connectivity index (χ2v) is 5.18. The number of alkyl halides is 2. The molecule has 0 aliphatic heterocycles. The Morgan fingerprint density at radius 1 is 1.00 bits per heavy atom. The average molecular weight is 273 g/mol. The summed E-state index contributed by atoms with van der Waals surface area (Å²) < 4.78 is 0.722. The van der Waals surface area contributed by atoms with Crippen LogP contribution < -0.4 is 0 Å². The molecule has 0 bridgehead atoms.